The van der Waals surface area contributed by atoms with Crippen LogP contribution >= 0.6 is 0 Å². The molecule has 10 heavy (non-hydrogen) atoms. The molecule has 1 aromatic heterocycles. The zero-order valence-electron chi connectivity index (χ0n) is 4.84. The minimum atomic E-state index is -1.19. The Bertz CT molecular complexity index is 262. The van der Waals surface area contributed by atoms with Crippen molar-refractivity contribution in [2.24, 2.45) is 0 Å². The van der Waals surface area contributed by atoms with Gasteiger partial charge in [-0.25, -0.2) is 9.18 Å². The predicted molar refractivity (Wildman–Crippen MR) is 30.0 cm³/mol. The molecular weight excluding hydrogens is 137 g/mol. The summed E-state index contributed by atoms with van der Waals surface area (Å²) in [6.45, 7) is 0. The van der Waals surface area contributed by atoms with Crippen LogP contribution in [0.4, 0.5) is 4.39 Å². The number of pyridine rings is 1. The van der Waals surface area contributed by atoms with Gasteiger partial charge in [-0.05, 0) is 6.07 Å². The minimum Gasteiger partial charge on any atom is -0.478 e. The molecule has 0 fully saturated rings. The van der Waals surface area contributed by atoms with Gasteiger partial charge in [0.2, 0.25) is 0 Å². The second-order valence-corrected chi connectivity index (χ2v) is 1.62. The Labute approximate surface area is 56.1 Å². The molecule has 1 aromatic rings. The van der Waals surface area contributed by atoms with Gasteiger partial charge >= 0.3 is 5.97 Å². The fraction of sp³-hybridized carbons (Fsp3) is 0. The van der Waals surface area contributed by atoms with E-state index in [9.17, 15) is 9.18 Å². The lowest BCUT2D eigenvalue weighted by Crippen LogP contribution is -1.97. The van der Waals surface area contributed by atoms with Crippen molar-refractivity contribution in [2.75, 3.05) is 0 Å². The molecule has 1 rings (SSSR count). The molecule has 3 nitrogen and oxygen atoms in total. The first-order valence-corrected chi connectivity index (χ1v) is 2.46. The van der Waals surface area contributed by atoms with E-state index in [1.807, 2.05) is 6.20 Å². The number of aromatic carboxylic acids is 1. The Morgan fingerprint density at radius 2 is 2.50 bits per heavy atom. The number of nitrogens with zero attached hydrogens (tertiary/aromatic N) is 1. The van der Waals surface area contributed by atoms with Crippen molar-refractivity contribution in [1.82, 2.24) is 4.98 Å². The Morgan fingerprint density at radius 3 is 2.90 bits per heavy atom. The molecule has 0 aliphatic rings. The number of carboxylic acids is 1. The van der Waals surface area contributed by atoms with E-state index in [1.54, 1.807) is 0 Å². The summed E-state index contributed by atoms with van der Waals surface area (Å²) >= 11 is 0. The van der Waals surface area contributed by atoms with Gasteiger partial charge in [0.1, 0.15) is 6.20 Å². The van der Waals surface area contributed by atoms with Gasteiger partial charge in [0.25, 0.3) is 0 Å². The highest BCUT2D eigenvalue weighted by Crippen LogP contribution is 1.98. The monoisotopic (exact) mass is 140 g/mol. The summed E-state index contributed by atoms with van der Waals surface area (Å²) in [6.07, 6.45) is 2.98. The fourth-order valence-corrected chi connectivity index (χ4v) is 0.487. The first-order valence-electron chi connectivity index (χ1n) is 2.46. The summed E-state index contributed by atoms with van der Waals surface area (Å²) in [5, 5.41) is 8.29. The molecule has 0 amide bonds. The van der Waals surface area contributed by atoms with E-state index in [0.717, 1.165) is 12.3 Å². The van der Waals surface area contributed by atoms with Gasteiger partial charge in [-0.15, -0.1) is 0 Å². The van der Waals surface area contributed by atoms with Crippen molar-refractivity contribution in [2.45, 2.75) is 0 Å². The number of rotatable bonds is 1. The number of hydrogen-bond donors (Lipinski definition) is 1. The van der Waals surface area contributed by atoms with E-state index in [4.69, 9.17) is 5.11 Å². The van der Waals surface area contributed by atoms with E-state index in [2.05, 4.69) is 4.98 Å². The SMILES string of the molecule is O=C(O)c1cn[c]c(F)c1. The molecule has 0 aromatic carbocycles. The summed E-state index contributed by atoms with van der Waals surface area (Å²) in [6, 6.07) is 0.856. The van der Waals surface area contributed by atoms with Crippen molar-refractivity contribution >= 4 is 5.97 Å². The number of halogens is 1. The standard InChI is InChI=1S/C6H3FNO2/c7-5-1-4(6(9)10)2-8-3-5/h1-2H,(H,9,10). The molecule has 51 valence electrons. The van der Waals surface area contributed by atoms with Gasteiger partial charge in [-0.3, -0.25) is 4.98 Å². The molecule has 0 saturated heterocycles. The van der Waals surface area contributed by atoms with E-state index < -0.39 is 11.8 Å². The molecular formula is C6H3FNO2. The molecule has 0 aliphatic heterocycles. The number of hydrogen-bond acceptors (Lipinski definition) is 2. The molecule has 1 heterocycles. The number of carbonyl (C=O) groups is 1. The number of carboxylic acid groups (broad SMARTS) is 1. The van der Waals surface area contributed by atoms with Crippen LogP contribution in [0.5, 0.6) is 0 Å². The highest BCUT2D eigenvalue weighted by molar-refractivity contribution is 5.86. The van der Waals surface area contributed by atoms with Crippen molar-refractivity contribution in [3.8, 4) is 0 Å². The Hall–Kier alpha value is -1.45. The third-order valence-electron chi connectivity index (χ3n) is 0.904. The smallest absolute Gasteiger partial charge is 0.337 e. The van der Waals surface area contributed by atoms with E-state index in [-0.39, 0.29) is 5.56 Å². The average Bonchev–Trinajstić information content (AvgIpc) is 1.88. The Kier molecular flexibility index (Phi) is 1.62. The predicted octanol–water partition coefficient (Wildman–Crippen LogP) is 0.719. The maximum absolute atomic E-state index is 12.1. The van der Waals surface area contributed by atoms with Crippen molar-refractivity contribution in [3.63, 3.8) is 0 Å². The highest BCUT2D eigenvalue weighted by atomic mass is 19.1. The van der Waals surface area contributed by atoms with Crippen LogP contribution in [0.3, 0.4) is 0 Å². The summed E-state index contributed by atoms with van der Waals surface area (Å²) in [4.78, 5) is 13.4. The summed E-state index contributed by atoms with van der Waals surface area (Å²) in [7, 11) is 0. The molecule has 0 unspecified atom stereocenters. The van der Waals surface area contributed by atoms with Gasteiger partial charge in [-0.2, -0.15) is 0 Å². The maximum atomic E-state index is 12.1. The molecule has 0 spiro atoms. The average molecular weight is 140 g/mol. The molecule has 0 saturated carbocycles. The van der Waals surface area contributed by atoms with Crippen LogP contribution in [0.2, 0.25) is 0 Å². The molecule has 0 bridgehead atoms. The Balaban J connectivity index is 3.07. The van der Waals surface area contributed by atoms with Gasteiger partial charge in [0.05, 0.1) is 5.56 Å². The second-order valence-electron chi connectivity index (χ2n) is 1.62. The quantitative estimate of drug-likeness (QED) is 0.625. The zero-order valence-corrected chi connectivity index (χ0v) is 4.84. The molecule has 0 atom stereocenters. The van der Waals surface area contributed by atoms with Crippen molar-refractivity contribution in [1.29, 1.82) is 0 Å². The van der Waals surface area contributed by atoms with Crippen LogP contribution in [0, 0.1) is 12.0 Å². The van der Waals surface area contributed by atoms with Crippen LogP contribution in [-0.2, 0) is 0 Å². The fourth-order valence-electron chi connectivity index (χ4n) is 0.487. The van der Waals surface area contributed by atoms with E-state index in [0.29, 0.717) is 0 Å². The maximum Gasteiger partial charge on any atom is 0.337 e. The molecule has 0 aliphatic carbocycles. The van der Waals surface area contributed by atoms with Gasteiger partial charge in [0, 0.05) is 6.20 Å². The van der Waals surface area contributed by atoms with Gasteiger partial charge in [-0.1, -0.05) is 0 Å². The second kappa shape index (κ2) is 2.43. The number of aromatic nitrogens is 1. The lowest BCUT2D eigenvalue weighted by molar-refractivity contribution is 0.0696. The third kappa shape index (κ3) is 1.28. The van der Waals surface area contributed by atoms with Gasteiger partial charge < -0.3 is 5.11 Å². The Morgan fingerprint density at radius 1 is 1.80 bits per heavy atom. The first kappa shape index (κ1) is 6.67. The van der Waals surface area contributed by atoms with Crippen molar-refractivity contribution < 1.29 is 14.3 Å². The normalized spacial score (nSPS) is 9.30. The largest absolute Gasteiger partial charge is 0.478 e. The van der Waals surface area contributed by atoms with E-state index in [1.165, 1.54) is 0 Å². The molecule has 1 N–H and O–H groups in total. The summed E-state index contributed by atoms with van der Waals surface area (Å²) in [5.74, 6) is -1.96. The van der Waals surface area contributed by atoms with E-state index >= 15 is 0 Å². The summed E-state index contributed by atoms with van der Waals surface area (Å²) in [5.41, 5.74) is -0.170. The van der Waals surface area contributed by atoms with Crippen LogP contribution < -0.4 is 0 Å². The molecule has 4 heteroatoms. The third-order valence-corrected chi connectivity index (χ3v) is 0.904. The first-order chi connectivity index (χ1) is 4.70. The van der Waals surface area contributed by atoms with Crippen molar-refractivity contribution in [3.05, 3.63) is 29.8 Å². The minimum absolute atomic E-state index is 0.170. The lowest BCUT2D eigenvalue weighted by atomic mass is 10.3. The van der Waals surface area contributed by atoms with Gasteiger partial charge in [0.15, 0.2) is 5.82 Å². The van der Waals surface area contributed by atoms with Crippen LogP contribution in [0.15, 0.2) is 12.3 Å². The van der Waals surface area contributed by atoms with Crippen LogP contribution in [0.25, 0.3) is 0 Å². The lowest BCUT2D eigenvalue weighted by Gasteiger charge is -1.89. The highest BCUT2D eigenvalue weighted by Gasteiger charge is 2.02. The topological polar surface area (TPSA) is 50.2 Å². The van der Waals surface area contributed by atoms with Crippen LogP contribution in [0.1, 0.15) is 10.4 Å². The molecule has 1 radical (unpaired) electrons. The zero-order chi connectivity index (χ0) is 7.56. The van der Waals surface area contributed by atoms with Crippen LogP contribution in [-0.4, -0.2) is 16.1 Å². The summed E-state index contributed by atoms with van der Waals surface area (Å²) < 4.78 is 12.1.